The first-order valence-electron chi connectivity index (χ1n) is 7.37. The smallest absolute Gasteiger partial charge is 0.225 e. The summed E-state index contributed by atoms with van der Waals surface area (Å²) >= 11 is 6.31. The SMILES string of the molecule is O=C(NCc1c(Cl)cccc1-n1ccnc1)[C@H]1CCCOC1. The van der Waals surface area contributed by atoms with E-state index in [1.807, 2.05) is 29.0 Å². The van der Waals surface area contributed by atoms with Gasteiger partial charge in [-0.3, -0.25) is 4.79 Å². The summed E-state index contributed by atoms with van der Waals surface area (Å²) in [7, 11) is 0. The van der Waals surface area contributed by atoms with Gasteiger partial charge in [-0.1, -0.05) is 17.7 Å². The number of imidazole rings is 1. The number of nitrogens with zero attached hydrogens (tertiary/aromatic N) is 2. The highest BCUT2D eigenvalue weighted by Crippen LogP contribution is 2.23. The Morgan fingerprint density at radius 1 is 1.50 bits per heavy atom. The molecule has 1 atom stereocenters. The van der Waals surface area contributed by atoms with Gasteiger partial charge >= 0.3 is 0 Å². The Morgan fingerprint density at radius 2 is 2.41 bits per heavy atom. The maximum Gasteiger partial charge on any atom is 0.225 e. The van der Waals surface area contributed by atoms with Gasteiger partial charge in [0.25, 0.3) is 0 Å². The van der Waals surface area contributed by atoms with E-state index in [9.17, 15) is 4.79 Å². The molecule has 0 aliphatic carbocycles. The third-order valence-electron chi connectivity index (χ3n) is 3.85. The van der Waals surface area contributed by atoms with E-state index in [1.165, 1.54) is 0 Å². The molecule has 1 amide bonds. The first-order valence-corrected chi connectivity index (χ1v) is 7.74. The molecule has 6 heteroatoms. The Morgan fingerprint density at radius 3 is 3.14 bits per heavy atom. The number of hydrogen-bond donors (Lipinski definition) is 1. The second kappa shape index (κ2) is 6.94. The Kier molecular flexibility index (Phi) is 4.75. The molecule has 0 radical (unpaired) electrons. The first kappa shape index (κ1) is 15.1. The average molecular weight is 320 g/mol. The number of hydrogen-bond acceptors (Lipinski definition) is 3. The first-order chi connectivity index (χ1) is 10.8. The van der Waals surface area contributed by atoms with E-state index in [0.717, 1.165) is 30.7 Å². The minimum absolute atomic E-state index is 0.0243. The predicted molar refractivity (Wildman–Crippen MR) is 84.0 cm³/mol. The summed E-state index contributed by atoms with van der Waals surface area (Å²) in [6.45, 7) is 1.64. The van der Waals surface area contributed by atoms with E-state index in [1.54, 1.807) is 12.5 Å². The molecule has 0 bridgehead atoms. The molecule has 0 saturated carbocycles. The molecule has 1 aliphatic rings. The minimum atomic E-state index is -0.0621. The average Bonchev–Trinajstić information content (AvgIpc) is 3.08. The molecule has 0 unspecified atom stereocenters. The minimum Gasteiger partial charge on any atom is -0.381 e. The molecule has 22 heavy (non-hydrogen) atoms. The van der Waals surface area contributed by atoms with Gasteiger partial charge in [-0.2, -0.15) is 0 Å². The molecule has 1 aliphatic heterocycles. The molecule has 2 heterocycles. The van der Waals surface area contributed by atoms with Gasteiger partial charge in [0, 0.05) is 36.1 Å². The molecular formula is C16H18ClN3O2. The van der Waals surface area contributed by atoms with Crippen molar-refractivity contribution in [2.45, 2.75) is 19.4 Å². The van der Waals surface area contributed by atoms with Gasteiger partial charge in [0.15, 0.2) is 0 Å². The fourth-order valence-electron chi connectivity index (χ4n) is 2.63. The molecule has 0 spiro atoms. The van der Waals surface area contributed by atoms with Crippen LogP contribution in [-0.4, -0.2) is 28.7 Å². The van der Waals surface area contributed by atoms with Crippen molar-refractivity contribution in [3.63, 3.8) is 0 Å². The Hall–Kier alpha value is -1.85. The van der Waals surface area contributed by atoms with E-state index in [0.29, 0.717) is 18.2 Å². The lowest BCUT2D eigenvalue weighted by Crippen LogP contribution is -2.35. The molecular weight excluding hydrogens is 302 g/mol. The summed E-state index contributed by atoms with van der Waals surface area (Å²) in [5.74, 6) is -0.0378. The van der Waals surface area contributed by atoms with Crippen molar-refractivity contribution in [2.24, 2.45) is 5.92 Å². The lowest BCUT2D eigenvalue weighted by Gasteiger charge is -2.21. The highest BCUT2D eigenvalue weighted by molar-refractivity contribution is 6.31. The maximum atomic E-state index is 12.2. The number of amides is 1. The van der Waals surface area contributed by atoms with Crippen LogP contribution in [0.25, 0.3) is 5.69 Å². The summed E-state index contributed by atoms with van der Waals surface area (Å²) in [5.41, 5.74) is 1.80. The number of carbonyl (C=O) groups is 1. The normalized spacial score (nSPS) is 18.1. The molecule has 116 valence electrons. The maximum absolute atomic E-state index is 12.2. The van der Waals surface area contributed by atoms with Crippen LogP contribution in [0, 0.1) is 5.92 Å². The molecule has 5 nitrogen and oxygen atoms in total. The molecule has 1 fully saturated rings. The summed E-state index contributed by atoms with van der Waals surface area (Å²) in [5, 5.41) is 3.61. The third kappa shape index (κ3) is 3.31. The van der Waals surface area contributed by atoms with Gasteiger partial charge in [0.2, 0.25) is 5.91 Å². The van der Waals surface area contributed by atoms with Gasteiger partial charge < -0.3 is 14.6 Å². The second-order valence-corrected chi connectivity index (χ2v) is 5.75. The Balaban J connectivity index is 1.73. The quantitative estimate of drug-likeness (QED) is 0.942. The van der Waals surface area contributed by atoms with Crippen LogP contribution in [0.4, 0.5) is 0 Å². The fourth-order valence-corrected chi connectivity index (χ4v) is 2.87. The number of ether oxygens (including phenoxy) is 1. The molecule has 1 N–H and O–H groups in total. The van der Waals surface area contributed by atoms with E-state index < -0.39 is 0 Å². The lowest BCUT2D eigenvalue weighted by atomic mass is 10.0. The number of nitrogens with one attached hydrogen (secondary N) is 1. The van der Waals surface area contributed by atoms with Crippen molar-refractivity contribution in [1.29, 1.82) is 0 Å². The van der Waals surface area contributed by atoms with E-state index in [-0.39, 0.29) is 11.8 Å². The fraction of sp³-hybridized carbons (Fsp3) is 0.375. The molecule has 3 rings (SSSR count). The zero-order chi connectivity index (χ0) is 15.4. The van der Waals surface area contributed by atoms with Crippen molar-refractivity contribution in [2.75, 3.05) is 13.2 Å². The van der Waals surface area contributed by atoms with Crippen LogP contribution in [0.2, 0.25) is 5.02 Å². The van der Waals surface area contributed by atoms with Crippen LogP contribution >= 0.6 is 11.6 Å². The molecule has 1 aromatic carbocycles. The highest BCUT2D eigenvalue weighted by atomic mass is 35.5. The summed E-state index contributed by atoms with van der Waals surface area (Å²) in [6, 6.07) is 5.67. The molecule has 1 saturated heterocycles. The second-order valence-electron chi connectivity index (χ2n) is 5.34. The number of aromatic nitrogens is 2. The van der Waals surface area contributed by atoms with Crippen molar-refractivity contribution < 1.29 is 9.53 Å². The van der Waals surface area contributed by atoms with Crippen molar-refractivity contribution in [3.05, 3.63) is 47.5 Å². The van der Waals surface area contributed by atoms with Crippen LogP contribution in [0.15, 0.2) is 36.9 Å². The van der Waals surface area contributed by atoms with Crippen molar-refractivity contribution >= 4 is 17.5 Å². The summed E-state index contributed by atoms with van der Waals surface area (Å²) < 4.78 is 7.25. The van der Waals surface area contributed by atoms with E-state index >= 15 is 0 Å². The largest absolute Gasteiger partial charge is 0.381 e. The van der Waals surface area contributed by atoms with Crippen LogP contribution < -0.4 is 5.32 Å². The molecule has 1 aromatic heterocycles. The number of halogens is 1. The number of benzene rings is 1. The van der Waals surface area contributed by atoms with Crippen molar-refractivity contribution in [3.8, 4) is 5.69 Å². The summed E-state index contributed by atoms with van der Waals surface area (Å²) in [6.07, 6.45) is 7.09. The van der Waals surface area contributed by atoms with Gasteiger partial charge in [-0.15, -0.1) is 0 Å². The van der Waals surface area contributed by atoms with Crippen LogP contribution in [0.1, 0.15) is 18.4 Å². The predicted octanol–water partition coefficient (Wildman–Crippen LogP) is 2.57. The van der Waals surface area contributed by atoms with Crippen LogP contribution in [0.5, 0.6) is 0 Å². The van der Waals surface area contributed by atoms with Crippen molar-refractivity contribution in [1.82, 2.24) is 14.9 Å². The Labute approximate surface area is 134 Å². The number of carbonyl (C=O) groups excluding carboxylic acids is 1. The van der Waals surface area contributed by atoms with Gasteiger partial charge in [-0.25, -0.2) is 4.98 Å². The Bertz CT molecular complexity index is 637. The zero-order valence-electron chi connectivity index (χ0n) is 12.2. The van der Waals surface area contributed by atoms with E-state index in [2.05, 4.69) is 10.3 Å². The van der Waals surface area contributed by atoms with Crippen LogP contribution in [-0.2, 0) is 16.1 Å². The molecule has 2 aromatic rings. The third-order valence-corrected chi connectivity index (χ3v) is 4.20. The summed E-state index contributed by atoms with van der Waals surface area (Å²) in [4.78, 5) is 16.3. The monoisotopic (exact) mass is 319 g/mol. The number of rotatable bonds is 4. The standard InChI is InChI=1S/C16H18ClN3O2/c17-14-4-1-5-15(20-7-6-18-11-20)13(14)9-19-16(21)12-3-2-8-22-10-12/h1,4-7,11-12H,2-3,8-10H2,(H,19,21)/t12-/m0/s1. The topological polar surface area (TPSA) is 56.2 Å². The van der Waals surface area contributed by atoms with Gasteiger partial charge in [0.1, 0.15) is 0 Å². The van der Waals surface area contributed by atoms with Gasteiger partial charge in [-0.05, 0) is 25.0 Å². The lowest BCUT2D eigenvalue weighted by molar-refractivity contribution is -0.129. The van der Waals surface area contributed by atoms with Crippen LogP contribution in [0.3, 0.4) is 0 Å². The van der Waals surface area contributed by atoms with Gasteiger partial charge in [0.05, 0.1) is 24.5 Å². The highest BCUT2D eigenvalue weighted by Gasteiger charge is 2.22. The zero-order valence-corrected chi connectivity index (χ0v) is 12.9. The van der Waals surface area contributed by atoms with E-state index in [4.69, 9.17) is 16.3 Å².